The first-order valence-electron chi connectivity index (χ1n) is 6.77. The van der Waals surface area contributed by atoms with E-state index in [2.05, 4.69) is 24.1 Å². The van der Waals surface area contributed by atoms with E-state index < -0.39 is 0 Å². The summed E-state index contributed by atoms with van der Waals surface area (Å²) in [6.45, 7) is 5.14. The van der Waals surface area contributed by atoms with Crippen LogP contribution >= 0.6 is 0 Å². The Morgan fingerprint density at radius 1 is 1.35 bits per heavy atom. The molecule has 0 aromatic heterocycles. The summed E-state index contributed by atoms with van der Waals surface area (Å²) in [5.41, 5.74) is 0.784. The highest BCUT2D eigenvalue weighted by molar-refractivity contribution is 5.81. The van der Waals surface area contributed by atoms with Crippen molar-refractivity contribution >= 4 is 5.91 Å². The monoisotopic (exact) mass is 279 g/mol. The van der Waals surface area contributed by atoms with Crippen LogP contribution in [0.25, 0.3) is 0 Å². The van der Waals surface area contributed by atoms with Crippen LogP contribution in [0.4, 0.5) is 4.39 Å². The van der Waals surface area contributed by atoms with Gasteiger partial charge in [-0.25, -0.2) is 4.39 Å². The summed E-state index contributed by atoms with van der Waals surface area (Å²) in [4.78, 5) is 16.0. The molecule has 1 amide bonds. The van der Waals surface area contributed by atoms with Crippen molar-refractivity contribution in [3.63, 3.8) is 0 Å². The van der Waals surface area contributed by atoms with E-state index in [-0.39, 0.29) is 23.4 Å². The van der Waals surface area contributed by atoms with Crippen molar-refractivity contribution in [1.29, 1.82) is 0 Å². The molecule has 1 saturated heterocycles. The normalized spacial score (nSPS) is 20.0. The molecule has 0 aliphatic carbocycles. The third kappa shape index (κ3) is 2.99. The molecule has 0 saturated carbocycles. The van der Waals surface area contributed by atoms with Crippen molar-refractivity contribution in [2.24, 2.45) is 0 Å². The zero-order valence-electron chi connectivity index (χ0n) is 12.5. The van der Waals surface area contributed by atoms with Gasteiger partial charge in [0, 0.05) is 12.1 Å². The maximum Gasteiger partial charge on any atom is 0.238 e. The van der Waals surface area contributed by atoms with Gasteiger partial charge in [0.05, 0.1) is 6.54 Å². The predicted octanol–water partition coefficient (Wildman–Crippen LogP) is 1.60. The summed E-state index contributed by atoms with van der Waals surface area (Å²) in [6, 6.07) is 6.30. The minimum absolute atomic E-state index is 0.0780. The molecule has 110 valence electrons. The van der Waals surface area contributed by atoms with E-state index in [0.717, 1.165) is 5.56 Å². The molecule has 1 aromatic carbocycles. The van der Waals surface area contributed by atoms with Crippen LogP contribution in [0, 0.1) is 5.82 Å². The lowest BCUT2D eigenvalue weighted by atomic mass is 10.0. The summed E-state index contributed by atoms with van der Waals surface area (Å²) in [6.07, 6.45) is -0.178. The number of hydrogen-bond acceptors (Lipinski definition) is 3. The zero-order chi connectivity index (χ0) is 14.9. The molecule has 1 heterocycles. The Balaban J connectivity index is 2.21. The van der Waals surface area contributed by atoms with Crippen molar-refractivity contribution in [2.75, 3.05) is 27.2 Å². The van der Waals surface area contributed by atoms with Crippen LogP contribution in [-0.2, 0) is 4.79 Å². The number of nitrogens with zero attached hydrogens (tertiary/aromatic N) is 2. The van der Waals surface area contributed by atoms with Gasteiger partial charge in [0.15, 0.2) is 0 Å². The standard InChI is InChI=1S/C15H22FN3O/c1-15(2,18(3)4)10-19-13(20)9-17-14(19)11-5-7-12(16)8-6-11/h5-8,14,17H,9-10H2,1-4H3. The van der Waals surface area contributed by atoms with Crippen LogP contribution in [0.1, 0.15) is 25.6 Å². The number of carbonyl (C=O) groups is 1. The second kappa shape index (κ2) is 5.50. The Morgan fingerprint density at radius 2 is 1.95 bits per heavy atom. The van der Waals surface area contributed by atoms with Gasteiger partial charge in [0.2, 0.25) is 5.91 Å². The number of carbonyl (C=O) groups excluding carboxylic acids is 1. The molecule has 4 nitrogen and oxygen atoms in total. The van der Waals surface area contributed by atoms with Crippen LogP contribution in [0.5, 0.6) is 0 Å². The second-order valence-electron chi connectivity index (χ2n) is 6.06. The largest absolute Gasteiger partial charge is 0.320 e. The Kier molecular flexibility index (Phi) is 4.11. The third-order valence-electron chi connectivity index (χ3n) is 4.03. The first-order chi connectivity index (χ1) is 9.31. The van der Waals surface area contributed by atoms with E-state index in [1.54, 1.807) is 12.1 Å². The fourth-order valence-electron chi connectivity index (χ4n) is 2.22. The van der Waals surface area contributed by atoms with E-state index in [4.69, 9.17) is 0 Å². The average molecular weight is 279 g/mol. The molecule has 1 aliphatic heterocycles. The highest BCUT2D eigenvalue weighted by Gasteiger charge is 2.36. The first kappa shape index (κ1) is 14.9. The highest BCUT2D eigenvalue weighted by Crippen LogP contribution is 2.25. The predicted molar refractivity (Wildman–Crippen MR) is 76.6 cm³/mol. The summed E-state index contributed by atoms with van der Waals surface area (Å²) in [5, 5.41) is 3.19. The van der Waals surface area contributed by atoms with Crippen molar-refractivity contribution in [3.05, 3.63) is 35.6 Å². The first-order valence-corrected chi connectivity index (χ1v) is 6.77. The number of amides is 1. The summed E-state index contributed by atoms with van der Waals surface area (Å²) in [5.74, 6) is -0.188. The molecular weight excluding hydrogens is 257 g/mol. The minimum atomic E-state index is -0.266. The van der Waals surface area contributed by atoms with Crippen LogP contribution in [0.15, 0.2) is 24.3 Å². The number of nitrogens with one attached hydrogen (secondary N) is 1. The average Bonchev–Trinajstić information content (AvgIpc) is 2.72. The number of hydrogen-bond donors (Lipinski definition) is 1. The van der Waals surface area contributed by atoms with Gasteiger partial charge in [-0.1, -0.05) is 12.1 Å². The second-order valence-corrected chi connectivity index (χ2v) is 6.06. The number of likely N-dealkylation sites (N-methyl/N-ethyl adjacent to an activating group) is 1. The maximum absolute atomic E-state index is 13.0. The molecule has 2 rings (SSSR count). The summed E-state index contributed by atoms with van der Waals surface area (Å²) < 4.78 is 13.0. The van der Waals surface area contributed by atoms with Crippen molar-refractivity contribution in [3.8, 4) is 0 Å². The fraction of sp³-hybridized carbons (Fsp3) is 0.533. The maximum atomic E-state index is 13.0. The van der Waals surface area contributed by atoms with Crippen molar-refractivity contribution < 1.29 is 9.18 Å². The van der Waals surface area contributed by atoms with Gasteiger partial charge in [-0.2, -0.15) is 0 Å². The molecule has 1 N–H and O–H groups in total. The molecular formula is C15H22FN3O. The Labute approximate surface area is 119 Å². The van der Waals surface area contributed by atoms with Crippen molar-refractivity contribution in [1.82, 2.24) is 15.1 Å². The quantitative estimate of drug-likeness (QED) is 0.909. The molecule has 1 fully saturated rings. The van der Waals surface area contributed by atoms with E-state index >= 15 is 0 Å². The van der Waals surface area contributed by atoms with E-state index in [9.17, 15) is 9.18 Å². The molecule has 1 aromatic rings. The van der Waals surface area contributed by atoms with Crippen LogP contribution in [-0.4, -0.2) is 48.4 Å². The molecule has 0 radical (unpaired) electrons. The van der Waals surface area contributed by atoms with Crippen LogP contribution < -0.4 is 5.32 Å². The summed E-state index contributed by atoms with van der Waals surface area (Å²) >= 11 is 0. The van der Waals surface area contributed by atoms with E-state index in [1.807, 2.05) is 19.0 Å². The number of halogens is 1. The number of rotatable bonds is 4. The number of benzene rings is 1. The van der Waals surface area contributed by atoms with Gasteiger partial charge in [-0.3, -0.25) is 10.1 Å². The van der Waals surface area contributed by atoms with Gasteiger partial charge in [0.25, 0.3) is 0 Å². The lowest BCUT2D eigenvalue weighted by molar-refractivity contribution is -0.129. The third-order valence-corrected chi connectivity index (χ3v) is 4.03. The van der Waals surface area contributed by atoms with Gasteiger partial charge in [0.1, 0.15) is 12.0 Å². The Morgan fingerprint density at radius 3 is 2.50 bits per heavy atom. The molecule has 20 heavy (non-hydrogen) atoms. The SMILES string of the molecule is CN(C)C(C)(C)CN1C(=O)CNC1c1ccc(F)cc1. The van der Waals surface area contributed by atoms with Crippen LogP contribution in [0.2, 0.25) is 0 Å². The lowest BCUT2D eigenvalue weighted by Crippen LogP contribution is -2.49. The van der Waals surface area contributed by atoms with Crippen molar-refractivity contribution in [2.45, 2.75) is 25.6 Å². The van der Waals surface area contributed by atoms with E-state index in [1.165, 1.54) is 12.1 Å². The molecule has 0 spiro atoms. The van der Waals surface area contributed by atoms with Gasteiger partial charge in [-0.05, 0) is 45.6 Å². The molecule has 1 atom stereocenters. The smallest absolute Gasteiger partial charge is 0.238 e. The minimum Gasteiger partial charge on any atom is -0.320 e. The molecule has 5 heteroatoms. The zero-order valence-corrected chi connectivity index (χ0v) is 12.5. The highest BCUT2D eigenvalue weighted by atomic mass is 19.1. The van der Waals surface area contributed by atoms with Crippen LogP contribution in [0.3, 0.4) is 0 Å². The van der Waals surface area contributed by atoms with Gasteiger partial charge in [-0.15, -0.1) is 0 Å². The fourth-order valence-corrected chi connectivity index (χ4v) is 2.22. The van der Waals surface area contributed by atoms with E-state index in [0.29, 0.717) is 13.1 Å². The lowest BCUT2D eigenvalue weighted by Gasteiger charge is -2.38. The Hall–Kier alpha value is -1.46. The topological polar surface area (TPSA) is 35.6 Å². The molecule has 1 unspecified atom stereocenters. The van der Waals surface area contributed by atoms with Gasteiger partial charge < -0.3 is 9.80 Å². The van der Waals surface area contributed by atoms with Gasteiger partial charge >= 0.3 is 0 Å². The molecule has 1 aliphatic rings. The summed E-state index contributed by atoms with van der Waals surface area (Å²) in [7, 11) is 4.00. The Bertz CT molecular complexity index is 484. The molecule has 0 bridgehead atoms.